The summed E-state index contributed by atoms with van der Waals surface area (Å²) in [6.45, 7) is 6.01. The number of fused-ring (bicyclic) bond motifs is 4. The number of alkyl halides is 3. The summed E-state index contributed by atoms with van der Waals surface area (Å²) in [5, 5.41) is 16.7. The number of ether oxygens (including phenoxy) is 7. The molecule has 0 radical (unpaired) electrons. The molecule has 3 saturated carbocycles. The molecule has 366 valence electrons. The summed E-state index contributed by atoms with van der Waals surface area (Å²) in [7, 11) is 0. The van der Waals surface area contributed by atoms with E-state index >= 15 is 9.59 Å². The van der Waals surface area contributed by atoms with Crippen LogP contribution in [0.1, 0.15) is 86.2 Å². The highest BCUT2D eigenvalue weighted by Gasteiger charge is 2.84. The van der Waals surface area contributed by atoms with E-state index in [1.165, 1.54) is 31.2 Å². The molecule has 11 atom stereocenters. The number of nitrogens with one attached hydrogen (secondary N) is 1. The Balaban J connectivity index is 1.28. The molecule has 4 fully saturated rings. The second kappa shape index (κ2) is 18.7. The van der Waals surface area contributed by atoms with Crippen molar-refractivity contribution in [2.75, 3.05) is 13.2 Å². The Morgan fingerprint density at radius 1 is 0.841 bits per heavy atom. The maximum atomic E-state index is 15.7. The Kier molecular flexibility index (Phi) is 13.5. The van der Waals surface area contributed by atoms with Crippen molar-refractivity contribution in [1.29, 1.82) is 0 Å². The van der Waals surface area contributed by atoms with E-state index in [2.05, 4.69) is 5.32 Å². The van der Waals surface area contributed by atoms with Gasteiger partial charge in [0.2, 0.25) is 9.90 Å². The van der Waals surface area contributed by atoms with E-state index in [1.54, 1.807) is 87.5 Å². The number of hydrogen-bond donors (Lipinski definition) is 2. The minimum atomic E-state index is -2.36. The van der Waals surface area contributed by atoms with Crippen molar-refractivity contribution < 1.29 is 71.8 Å². The highest BCUT2D eigenvalue weighted by molar-refractivity contribution is 6.67. The van der Waals surface area contributed by atoms with E-state index in [0.717, 1.165) is 6.92 Å². The van der Waals surface area contributed by atoms with Crippen molar-refractivity contribution >= 4 is 76.5 Å². The van der Waals surface area contributed by atoms with Gasteiger partial charge in [-0.05, 0) is 66.7 Å². The average Bonchev–Trinajstić information content (AvgIpc) is 4.03. The van der Waals surface area contributed by atoms with Crippen LogP contribution < -0.4 is 5.32 Å². The molecule has 1 amide bonds. The molecule has 0 aromatic heterocycles. The third-order valence-electron chi connectivity index (χ3n) is 14.4. The highest BCUT2D eigenvalue weighted by Crippen LogP contribution is 2.74. The molecule has 8 rings (SSSR count). The fourth-order valence-corrected chi connectivity index (χ4v) is 11.3. The maximum Gasteiger partial charge on any atom is 0.509 e. The lowest BCUT2D eigenvalue weighted by Gasteiger charge is -2.64. The summed E-state index contributed by atoms with van der Waals surface area (Å²) < 4.78 is 39.7. The third-order valence-corrected chi connectivity index (χ3v) is 14.7. The number of esters is 4. The van der Waals surface area contributed by atoms with Gasteiger partial charge in [-0.2, -0.15) is 0 Å². The Bertz CT molecular complexity index is 2570. The van der Waals surface area contributed by atoms with Gasteiger partial charge >= 0.3 is 30.0 Å². The number of carbonyl (C=O) groups is 7. The van der Waals surface area contributed by atoms with Crippen LogP contribution >= 0.6 is 34.8 Å². The number of aliphatic hydroxyl groups is 1. The smallest absolute Gasteiger partial charge is 0.455 e. The van der Waals surface area contributed by atoms with Gasteiger partial charge < -0.3 is 43.6 Å². The van der Waals surface area contributed by atoms with Crippen LogP contribution in [0.3, 0.4) is 0 Å². The van der Waals surface area contributed by atoms with Gasteiger partial charge in [0.25, 0.3) is 5.91 Å². The van der Waals surface area contributed by atoms with Crippen LogP contribution in [0, 0.1) is 22.7 Å². The zero-order valence-corrected chi connectivity index (χ0v) is 40.4. The zero-order valence-electron chi connectivity index (χ0n) is 38.1. The first-order valence-corrected chi connectivity index (χ1v) is 23.4. The Morgan fingerprint density at radius 3 is 2.01 bits per heavy atom. The van der Waals surface area contributed by atoms with Gasteiger partial charge in [0.15, 0.2) is 17.5 Å². The van der Waals surface area contributed by atoms with Crippen LogP contribution in [0.5, 0.6) is 0 Å². The molecule has 19 heteroatoms. The zero-order chi connectivity index (χ0) is 49.8. The van der Waals surface area contributed by atoms with Gasteiger partial charge in [-0.25, -0.2) is 14.4 Å². The van der Waals surface area contributed by atoms with Gasteiger partial charge in [0.05, 0.1) is 18.1 Å². The normalized spacial score (nSPS) is 30.4. The monoisotopic (exact) mass is 1010 g/mol. The molecule has 69 heavy (non-hydrogen) atoms. The number of hydrogen-bond acceptors (Lipinski definition) is 15. The number of amides is 1. The SMILES string of the molecule is CC(=O)O[C@H]1C(=O)[C@]23C[C@H]2C[C@H]2OC[C@@]2(OC(C)=O)[C@H]3[C@H](OC(=O)c2ccccc2)[C@]2(O)CC(OC(=O)[C@H](OC(=O)OCC(Cl)(Cl)Cl)[C@@H](NC(=O)c3ccccc3)c3ccccc3)C(C)=C1C2(C)C. The van der Waals surface area contributed by atoms with Crippen LogP contribution in [0.15, 0.2) is 102 Å². The highest BCUT2D eigenvalue weighted by atomic mass is 35.6. The summed E-state index contributed by atoms with van der Waals surface area (Å²) in [5.41, 5.74) is -6.32. The fraction of sp³-hybridized carbons (Fsp3) is 0.460. The maximum absolute atomic E-state index is 15.7. The number of carbonyl (C=O) groups excluding carboxylic acids is 7. The minimum absolute atomic E-state index is 0.0542. The van der Waals surface area contributed by atoms with E-state index in [4.69, 9.17) is 68.0 Å². The fourth-order valence-electron chi connectivity index (χ4n) is 11.2. The van der Waals surface area contributed by atoms with Crippen LogP contribution in [0.2, 0.25) is 0 Å². The van der Waals surface area contributed by atoms with Crippen molar-refractivity contribution in [3.8, 4) is 0 Å². The van der Waals surface area contributed by atoms with Crippen LogP contribution in [0.25, 0.3) is 0 Å². The molecule has 3 aromatic carbocycles. The van der Waals surface area contributed by atoms with Crippen molar-refractivity contribution in [3.63, 3.8) is 0 Å². The number of Topliss-reactive ketones (excluding diaryl/α,β-unsaturated/α-hetero) is 1. The molecule has 1 heterocycles. The topological polar surface area (TPSA) is 216 Å². The van der Waals surface area contributed by atoms with E-state index in [1.807, 2.05) is 0 Å². The summed E-state index contributed by atoms with van der Waals surface area (Å²) in [6.07, 6.45) is -9.38. The standard InChI is InChI=1S/C50H50Cl3NO15/c1-26-33(66-44(60)38(67-45(61)64-25-50(51,52)53)36(29-15-9-6-10-16-29)54-42(58)30-17-11-7-12-18-30)23-49(62)41(68-43(59)31-19-13-8-14-20-31)39-47(40(57)37(65-27(2)55)35(26)46(49,4)5)22-32(47)21-34-48(39,24-63-34)69-28(3)56/h6-20,32-34,36-39,41,62H,21-25H2,1-5H3,(H,54,58)/t32-,33?,34-,36+,37-,38-,39+,41+,47-,48+,49-/m1/s1. The first kappa shape index (κ1) is 49.9. The lowest BCUT2D eigenvalue weighted by atomic mass is 9.48. The number of rotatable bonds is 12. The van der Waals surface area contributed by atoms with Crippen molar-refractivity contribution in [2.45, 2.75) is 105 Å². The second-order valence-electron chi connectivity index (χ2n) is 18.7. The van der Waals surface area contributed by atoms with Gasteiger partial charge in [0.1, 0.15) is 36.6 Å². The predicted molar refractivity (Wildman–Crippen MR) is 245 cm³/mol. The van der Waals surface area contributed by atoms with Gasteiger partial charge in [-0.1, -0.05) is 115 Å². The van der Waals surface area contributed by atoms with E-state index in [9.17, 15) is 29.1 Å². The first-order chi connectivity index (χ1) is 32.5. The molecule has 5 aliphatic rings. The first-order valence-electron chi connectivity index (χ1n) is 22.3. The quantitative estimate of drug-likeness (QED) is 0.0816. The molecule has 1 unspecified atom stereocenters. The molecule has 4 aliphatic carbocycles. The number of halogens is 3. The number of benzene rings is 3. The van der Waals surface area contributed by atoms with Gasteiger partial charge in [-0.3, -0.25) is 19.2 Å². The largest absolute Gasteiger partial charge is 0.509 e. The van der Waals surface area contributed by atoms with Crippen molar-refractivity contribution in [2.24, 2.45) is 22.7 Å². The van der Waals surface area contributed by atoms with Gasteiger partial charge in [-0.15, -0.1) is 0 Å². The van der Waals surface area contributed by atoms with Crippen molar-refractivity contribution in [1.82, 2.24) is 5.32 Å². The molecule has 1 saturated heterocycles. The molecule has 2 N–H and O–H groups in total. The minimum Gasteiger partial charge on any atom is -0.455 e. The molecule has 1 aliphatic heterocycles. The van der Waals surface area contributed by atoms with E-state index in [0.29, 0.717) is 0 Å². The van der Waals surface area contributed by atoms with Crippen LogP contribution in [0.4, 0.5) is 4.79 Å². The second-order valence-corrected chi connectivity index (χ2v) is 21.3. The Labute approximate surface area is 412 Å². The molecule has 3 aromatic rings. The molecule has 1 spiro atoms. The molecular formula is C50H50Cl3NO15. The molecule has 2 bridgehead atoms. The van der Waals surface area contributed by atoms with Gasteiger partial charge in [0, 0.05) is 36.7 Å². The third kappa shape index (κ3) is 9.10. The van der Waals surface area contributed by atoms with Crippen LogP contribution in [-0.2, 0) is 52.3 Å². The summed E-state index contributed by atoms with van der Waals surface area (Å²) in [6, 6.07) is 22.5. The summed E-state index contributed by atoms with van der Waals surface area (Å²) >= 11 is 17.6. The van der Waals surface area contributed by atoms with Crippen LogP contribution in [-0.4, -0.2) is 106 Å². The lowest BCUT2D eigenvalue weighted by Crippen LogP contribution is -2.78. The van der Waals surface area contributed by atoms with E-state index < -0.39 is 129 Å². The summed E-state index contributed by atoms with van der Waals surface area (Å²) in [5.74, 6) is -6.73. The Hall–Kier alpha value is -5.52. The Morgan fingerprint density at radius 2 is 1.45 bits per heavy atom. The predicted octanol–water partition coefficient (Wildman–Crippen LogP) is 6.91. The number of ketones is 1. The van der Waals surface area contributed by atoms with E-state index in [-0.39, 0.29) is 47.3 Å². The van der Waals surface area contributed by atoms with Crippen molar-refractivity contribution in [3.05, 3.63) is 119 Å². The summed E-state index contributed by atoms with van der Waals surface area (Å²) in [4.78, 5) is 98.7. The lowest BCUT2D eigenvalue weighted by molar-refractivity contribution is -0.323. The molecule has 16 nitrogen and oxygen atoms in total. The molecular weight excluding hydrogens is 961 g/mol. The average molecular weight is 1010 g/mol.